The van der Waals surface area contributed by atoms with Gasteiger partial charge in [0.15, 0.2) is 0 Å². The van der Waals surface area contributed by atoms with E-state index in [4.69, 9.17) is 0 Å². The summed E-state index contributed by atoms with van der Waals surface area (Å²) >= 11 is 3.91. The van der Waals surface area contributed by atoms with Crippen molar-refractivity contribution in [3.8, 4) is 0 Å². The van der Waals surface area contributed by atoms with Crippen LogP contribution in [0.25, 0.3) is 0 Å². The molecule has 4 nitrogen and oxygen atoms in total. The first-order valence-corrected chi connectivity index (χ1v) is 6.12. The van der Waals surface area contributed by atoms with Gasteiger partial charge in [0.05, 0.1) is 0 Å². The quantitative estimate of drug-likeness (QED) is 0.487. The number of hydrogen-bond donors (Lipinski definition) is 3. The van der Waals surface area contributed by atoms with Crippen LogP contribution in [0.5, 0.6) is 0 Å². The van der Waals surface area contributed by atoms with Gasteiger partial charge in [-0.05, 0) is 12.8 Å². The van der Waals surface area contributed by atoms with Crippen molar-refractivity contribution in [2.24, 2.45) is 0 Å². The zero-order chi connectivity index (χ0) is 14.2. The van der Waals surface area contributed by atoms with E-state index in [2.05, 4.69) is 23.3 Å². The molecule has 0 radical (unpaired) electrons. The average Bonchev–Trinajstić information content (AvgIpc) is 2.23. The molecule has 0 bridgehead atoms. The number of rotatable bonds is 7. The van der Waals surface area contributed by atoms with Gasteiger partial charge in [-0.2, -0.15) is 25.8 Å². The van der Waals surface area contributed by atoms with E-state index in [1.165, 1.54) is 6.92 Å². The Bertz CT molecular complexity index is 285. The van der Waals surface area contributed by atoms with Crippen molar-refractivity contribution in [2.75, 3.05) is 12.3 Å². The van der Waals surface area contributed by atoms with E-state index >= 15 is 0 Å². The molecule has 1 unspecified atom stereocenters. The molecule has 0 saturated carbocycles. The molecule has 0 aliphatic carbocycles. The molecule has 0 aliphatic rings. The van der Waals surface area contributed by atoms with Crippen molar-refractivity contribution in [1.29, 1.82) is 0 Å². The molecule has 1 atom stereocenters. The Hall–Kier alpha value is -0.920. The number of thiol groups is 1. The average molecular weight is 286 g/mol. The van der Waals surface area contributed by atoms with Crippen molar-refractivity contribution < 1.29 is 22.8 Å². The standard InChI is InChI=1S/C10H17F3N2O2S/c1-7(16)15-8(6-18)9(17)14-5-3-2-4-10(11,12)13/h8,18H,2-6H2,1H3,(H,14,17)(H,15,16). The van der Waals surface area contributed by atoms with Gasteiger partial charge in [0.2, 0.25) is 11.8 Å². The van der Waals surface area contributed by atoms with Crippen LogP contribution in [0, 0.1) is 0 Å². The van der Waals surface area contributed by atoms with Crippen LogP contribution in [0.1, 0.15) is 26.2 Å². The highest BCUT2D eigenvalue weighted by molar-refractivity contribution is 7.80. The van der Waals surface area contributed by atoms with Crippen molar-refractivity contribution in [1.82, 2.24) is 10.6 Å². The van der Waals surface area contributed by atoms with Gasteiger partial charge < -0.3 is 10.6 Å². The van der Waals surface area contributed by atoms with Crippen LogP contribution in [0.3, 0.4) is 0 Å². The number of halogens is 3. The molecule has 2 N–H and O–H groups in total. The Labute approximate surface area is 109 Å². The summed E-state index contributed by atoms with van der Waals surface area (Å²) in [5, 5.41) is 4.84. The Morgan fingerprint density at radius 3 is 2.33 bits per heavy atom. The Kier molecular flexibility index (Phi) is 7.81. The Balaban J connectivity index is 3.78. The third-order valence-electron chi connectivity index (χ3n) is 2.06. The minimum atomic E-state index is -4.16. The fourth-order valence-electron chi connectivity index (χ4n) is 1.22. The van der Waals surface area contributed by atoms with Gasteiger partial charge in [-0.15, -0.1) is 0 Å². The number of carbonyl (C=O) groups excluding carboxylic acids is 2. The zero-order valence-electron chi connectivity index (χ0n) is 10.0. The van der Waals surface area contributed by atoms with Gasteiger partial charge in [-0.25, -0.2) is 0 Å². The molecule has 0 aromatic heterocycles. The lowest BCUT2D eigenvalue weighted by Crippen LogP contribution is -2.47. The third kappa shape index (κ3) is 9.15. The first-order valence-electron chi connectivity index (χ1n) is 5.48. The minimum Gasteiger partial charge on any atom is -0.354 e. The molecular formula is C10H17F3N2O2S. The molecule has 0 fully saturated rings. The van der Waals surface area contributed by atoms with Crippen LogP contribution in [0.4, 0.5) is 13.2 Å². The molecular weight excluding hydrogens is 269 g/mol. The number of nitrogens with one attached hydrogen (secondary N) is 2. The van der Waals surface area contributed by atoms with Gasteiger partial charge in [-0.3, -0.25) is 9.59 Å². The maximum atomic E-state index is 11.8. The SMILES string of the molecule is CC(=O)NC(CS)C(=O)NCCCCC(F)(F)F. The van der Waals surface area contributed by atoms with Crippen LogP contribution in [-0.2, 0) is 9.59 Å². The first kappa shape index (κ1) is 17.1. The van der Waals surface area contributed by atoms with Crippen molar-refractivity contribution in [3.63, 3.8) is 0 Å². The Morgan fingerprint density at radius 2 is 1.89 bits per heavy atom. The number of alkyl halides is 3. The lowest BCUT2D eigenvalue weighted by atomic mass is 10.2. The number of hydrogen-bond acceptors (Lipinski definition) is 3. The molecule has 0 aromatic carbocycles. The molecule has 2 amide bonds. The molecule has 0 saturated heterocycles. The van der Waals surface area contributed by atoms with E-state index in [0.29, 0.717) is 0 Å². The molecule has 18 heavy (non-hydrogen) atoms. The monoisotopic (exact) mass is 286 g/mol. The molecule has 0 heterocycles. The topological polar surface area (TPSA) is 58.2 Å². The highest BCUT2D eigenvalue weighted by Crippen LogP contribution is 2.21. The predicted octanol–water partition coefficient (Wildman–Crippen LogP) is 1.27. The molecule has 0 aliphatic heterocycles. The van der Waals surface area contributed by atoms with E-state index in [0.717, 1.165) is 0 Å². The highest BCUT2D eigenvalue weighted by Gasteiger charge is 2.25. The maximum Gasteiger partial charge on any atom is 0.389 e. The summed E-state index contributed by atoms with van der Waals surface area (Å²) < 4.78 is 35.5. The number of amides is 2. The van der Waals surface area contributed by atoms with Gasteiger partial charge in [-0.1, -0.05) is 0 Å². The largest absolute Gasteiger partial charge is 0.389 e. The van der Waals surface area contributed by atoms with E-state index in [9.17, 15) is 22.8 Å². The lowest BCUT2D eigenvalue weighted by molar-refractivity contribution is -0.135. The van der Waals surface area contributed by atoms with E-state index in [-0.39, 0.29) is 31.0 Å². The van der Waals surface area contributed by atoms with Gasteiger partial charge >= 0.3 is 6.18 Å². The molecule has 8 heteroatoms. The van der Waals surface area contributed by atoms with Gasteiger partial charge in [0, 0.05) is 25.6 Å². The fourth-order valence-corrected chi connectivity index (χ4v) is 1.48. The van der Waals surface area contributed by atoms with Crippen molar-refractivity contribution in [2.45, 2.75) is 38.4 Å². The molecule has 0 rings (SSSR count). The normalized spacial score (nSPS) is 12.9. The maximum absolute atomic E-state index is 11.8. The zero-order valence-corrected chi connectivity index (χ0v) is 10.9. The number of carbonyl (C=O) groups is 2. The predicted molar refractivity (Wildman–Crippen MR) is 64.4 cm³/mol. The summed E-state index contributed by atoms with van der Waals surface area (Å²) in [5.74, 6) is -0.665. The minimum absolute atomic E-state index is 0.0323. The summed E-state index contributed by atoms with van der Waals surface area (Å²) in [4.78, 5) is 22.2. The van der Waals surface area contributed by atoms with Crippen LogP contribution < -0.4 is 10.6 Å². The summed E-state index contributed by atoms with van der Waals surface area (Å²) in [6, 6.07) is -0.756. The van der Waals surface area contributed by atoms with Gasteiger partial charge in [0.1, 0.15) is 6.04 Å². The highest BCUT2D eigenvalue weighted by atomic mass is 32.1. The molecule has 106 valence electrons. The summed E-state index contributed by atoms with van der Waals surface area (Å²) in [7, 11) is 0. The third-order valence-corrected chi connectivity index (χ3v) is 2.43. The molecule has 0 spiro atoms. The van der Waals surface area contributed by atoms with E-state index in [1.54, 1.807) is 0 Å². The van der Waals surface area contributed by atoms with Crippen molar-refractivity contribution >= 4 is 24.4 Å². The second-order valence-corrected chi connectivity index (χ2v) is 4.16. The second-order valence-electron chi connectivity index (χ2n) is 3.80. The Morgan fingerprint density at radius 1 is 1.28 bits per heavy atom. The van der Waals surface area contributed by atoms with Crippen LogP contribution in [0.2, 0.25) is 0 Å². The second kappa shape index (κ2) is 8.23. The lowest BCUT2D eigenvalue weighted by Gasteiger charge is -2.15. The fraction of sp³-hybridized carbons (Fsp3) is 0.800. The molecule has 0 aromatic rings. The van der Waals surface area contributed by atoms with Gasteiger partial charge in [0.25, 0.3) is 0 Å². The summed E-state index contributed by atoms with van der Waals surface area (Å²) in [6.45, 7) is 1.42. The van der Waals surface area contributed by atoms with E-state index in [1.807, 2.05) is 0 Å². The van der Waals surface area contributed by atoms with Crippen molar-refractivity contribution in [3.05, 3.63) is 0 Å². The van der Waals surface area contributed by atoms with Crippen LogP contribution in [-0.4, -0.2) is 36.3 Å². The first-order chi connectivity index (χ1) is 8.26. The smallest absolute Gasteiger partial charge is 0.354 e. The van der Waals surface area contributed by atoms with E-state index < -0.39 is 24.5 Å². The number of unbranched alkanes of at least 4 members (excludes halogenated alkanes) is 1. The van der Waals surface area contributed by atoms with Crippen LogP contribution in [0.15, 0.2) is 0 Å². The summed E-state index contributed by atoms with van der Waals surface area (Å²) in [6.07, 6.45) is -4.81. The summed E-state index contributed by atoms with van der Waals surface area (Å²) in [5.41, 5.74) is 0. The van der Waals surface area contributed by atoms with Crippen LogP contribution >= 0.6 is 12.6 Å².